The van der Waals surface area contributed by atoms with E-state index >= 15 is 0 Å². The second kappa shape index (κ2) is 8.55. The van der Waals surface area contributed by atoms with Crippen LogP contribution in [0.1, 0.15) is 15.9 Å². The first kappa shape index (κ1) is 18.0. The molecule has 0 amide bonds. The van der Waals surface area contributed by atoms with E-state index in [4.69, 9.17) is 17.0 Å². The van der Waals surface area contributed by atoms with Crippen LogP contribution in [-0.2, 0) is 11.3 Å². The Morgan fingerprint density at radius 3 is 2.73 bits per heavy atom. The molecular weight excluding hydrogens is 366 g/mol. The van der Waals surface area contributed by atoms with Gasteiger partial charge in [-0.15, -0.1) is 11.3 Å². The first-order chi connectivity index (χ1) is 12.7. The Bertz CT molecular complexity index is 896. The Balaban J connectivity index is 1.76. The van der Waals surface area contributed by atoms with E-state index in [0.29, 0.717) is 22.2 Å². The highest BCUT2D eigenvalue weighted by Gasteiger charge is 2.18. The van der Waals surface area contributed by atoms with E-state index in [0.717, 1.165) is 16.0 Å². The predicted octanol–water partition coefficient (Wildman–Crippen LogP) is 4.08. The first-order valence-electron chi connectivity index (χ1n) is 7.88. The lowest BCUT2D eigenvalue weighted by atomic mass is 10.1. The van der Waals surface area contributed by atoms with Crippen molar-refractivity contribution in [3.8, 4) is 10.4 Å². The van der Waals surface area contributed by atoms with Crippen molar-refractivity contribution >= 4 is 39.6 Å². The Morgan fingerprint density at radius 2 is 2.04 bits per heavy atom. The van der Waals surface area contributed by atoms with Gasteiger partial charge in [-0.1, -0.05) is 36.4 Å². The van der Waals surface area contributed by atoms with Crippen molar-refractivity contribution in [1.82, 2.24) is 10.3 Å². The number of rotatable bonds is 5. The maximum atomic E-state index is 12.1. The molecule has 0 aliphatic carbocycles. The molecule has 26 heavy (non-hydrogen) atoms. The van der Waals surface area contributed by atoms with Crippen LogP contribution in [0.5, 0.6) is 0 Å². The summed E-state index contributed by atoms with van der Waals surface area (Å²) in [5.74, 6) is -0.402. The molecule has 0 unspecified atom stereocenters. The number of pyridine rings is 1. The Labute approximate surface area is 161 Å². The van der Waals surface area contributed by atoms with Crippen LogP contribution < -0.4 is 10.6 Å². The molecule has 0 bridgehead atoms. The van der Waals surface area contributed by atoms with Crippen molar-refractivity contribution in [3.63, 3.8) is 0 Å². The molecule has 0 fully saturated rings. The van der Waals surface area contributed by atoms with Gasteiger partial charge in [0.1, 0.15) is 5.00 Å². The van der Waals surface area contributed by atoms with Gasteiger partial charge in [-0.3, -0.25) is 4.98 Å². The van der Waals surface area contributed by atoms with Gasteiger partial charge in [-0.05, 0) is 35.5 Å². The highest BCUT2D eigenvalue weighted by atomic mass is 32.1. The van der Waals surface area contributed by atoms with Crippen LogP contribution in [0.3, 0.4) is 0 Å². The lowest BCUT2D eigenvalue weighted by Crippen LogP contribution is -2.28. The monoisotopic (exact) mass is 383 g/mol. The molecule has 3 rings (SSSR count). The minimum absolute atomic E-state index is 0.402. The summed E-state index contributed by atoms with van der Waals surface area (Å²) in [7, 11) is 1.37. The van der Waals surface area contributed by atoms with Gasteiger partial charge < -0.3 is 15.4 Å². The predicted molar refractivity (Wildman–Crippen MR) is 108 cm³/mol. The van der Waals surface area contributed by atoms with Crippen molar-refractivity contribution in [2.45, 2.75) is 6.54 Å². The maximum absolute atomic E-state index is 12.1. The van der Waals surface area contributed by atoms with E-state index in [1.807, 2.05) is 48.5 Å². The summed E-state index contributed by atoms with van der Waals surface area (Å²) < 4.78 is 4.89. The molecule has 0 saturated carbocycles. The van der Waals surface area contributed by atoms with E-state index in [2.05, 4.69) is 15.6 Å². The third-order valence-corrected chi connectivity index (χ3v) is 4.94. The number of esters is 1. The summed E-state index contributed by atoms with van der Waals surface area (Å²) in [5, 5.41) is 7.30. The number of thiocarbonyl (C=S) groups is 1. The van der Waals surface area contributed by atoms with Gasteiger partial charge in [0.25, 0.3) is 0 Å². The number of benzene rings is 1. The lowest BCUT2D eigenvalue weighted by Gasteiger charge is -2.10. The number of aromatic nitrogens is 1. The fourth-order valence-corrected chi connectivity index (χ4v) is 3.62. The molecule has 132 valence electrons. The summed E-state index contributed by atoms with van der Waals surface area (Å²) in [4.78, 5) is 17.1. The summed E-state index contributed by atoms with van der Waals surface area (Å²) in [6, 6.07) is 15.5. The first-order valence-corrected chi connectivity index (χ1v) is 9.11. The molecule has 0 atom stereocenters. The normalized spacial score (nSPS) is 10.2. The van der Waals surface area contributed by atoms with Crippen molar-refractivity contribution in [2.75, 3.05) is 12.4 Å². The maximum Gasteiger partial charge on any atom is 0.340 e. The minimum atomic E-state index is -0.402. The fourth-order valence-electron chi connectivity index (χ4n) is 2.32. The second-order valence-electron chi connectivity index (χ2n) is 5.38. The average molecular weight is 383 g/mol. The number of carbonyl (C=O) groups excluding carboxylic acids is 1. The topological polar surface area (TPSA) is 63.2 Å². The largest absolute Gasteiger partial charge is 0.465 e. The molecule has 5 nitrogen and oxygen atoms in total. The zero-order chi connectivity index (χ0) is 18.4. The van der Waals surface area contributed by atoms with E-state index in [1.165, 1.54) is 18.4 Å². The molecule has 0 aliphatic heterocycles. The van der Waals surface area contributed by atoms with Gasteiger partial charge >= 0.3 is 5.97 Å². The smallest absolute Gasteiger partial charge is 0.340 e. The molecule has 2 N–H and O–H groups in total. The second-order valence-corrected chi connectivity index (χ2v) is 6.84. The van der Waals surface area contributed by atoms with Crippen LogP contribution >= 0.6 is 23.6 Å². The number of anilines is 1. The summed E-state index contributed by atoms with van der Waals surface area (Å²) in [6.45, 7) is 0.546. The van der Waals surface area contributed by atoms with Crippen LogP contribution in [0.2, 0.25) is 0 Å². The zero-order valence-corrected chi connectivity index (χ0v) is 15.7. The van der Waals surface area contributed by atoms with Crippen molar-refractivity contribution in [2.24, 2.45) is 0 Å². The highest BCUT2D eigenvalue weighted by Crippen LogP contribution is 2.35. The van der Waals surface area contributed by atoms with Gasteiger partial charge in [0.05, 0.1) is 12.7 Å². The lowest BCUT2D eigenvalue weighted by molar-refractivity contribution is 0.0602. The van der Waals surface area contributed by atoms with Crippen LogP contribution in [-0.4, -0.2) is 23.2 Å². The van der Waals surface area contributed by atoms with Crippen LogP contribution in [0.4, 0.5) is 5.00 Å². The molecule has 0 saturated heterocycles. The standard InChI is InChI=1S/C19H17N3O2S2/c1-24-18(23)15-10-16(14-7-3-2-4-8-14)26-17(15)22-19(25)21-12-13-6-5-9-20-11-13/h2-11H,12H2,1H3,(H2,21,22,25). The summed E-state index contributed by atoms with van der Waals surface area (Å²) >= 11 is 6.81. The van der Waals surface area contributed by atoms with Gasteiger partial charge in [0, 0.05) is 23.8 Å². The van der Waals surface area contributed by atoms with E-state index in [-0.39, 0.29) is 0 Å². The van der Waals surface area contributed by atoms with Crippen LogP contribution in [0.15, 0.2) is 60.9 Å². The summed E-state index contributed by atoms with van der Waals surface area (Å²) in [5.41, 5.74) is 2.51. The minimum Gasteiger partial charge on any atom is -0.465 e. The van der Waals surface area contributed by atoms with Gasteiger partial charge in [0.2, 0.25) is 0 Å². The van der Waals surface area contributed by atoms with Gasteiger partial charge in [-0.2, -0.15) is 0 Å². The molecule has 7 heteroatoms. The Hall–Kier alpha value is -2.77. The number of nitrogens with one attached hydrogen (secondary N) is 2. The number of methoxy groups -OCH3 is 1. The number of nitrogens with zero attached hydrogens (tertiary/aromatic N) is 1. The number of ether oxygens (including phenoxy) is 1. The number of hydrogen-bond acceptors (Lipinski definition) is 5. The van der Waals surface area contributed by atoms with Gasteiger partial charge in [0.15, 0.2) is 5.11 Å². The van der Waals surface area contributed by atoms with Crippen molar-refractivity contribution in [3.05, 3.63) is 72.1 Å². The van der Waals surface area contributed by atoms with Crippen LogP contribution in [0, 0.1) is 0 Å². The number of carbonyl (C=O) groups is 1. The number of hydrogen-bond donors (Lipinski definition) is 2. The molecule has 2 aromatic heterocycles. The van der Waals surface area contributed by atoms with Crippen LogP contribution in [0.25, 0.3) is 10.4 Å². The molecule has 1 aromatic carbocycles. The Kier molecular flexibility index (Phi) is 5.93. The van der Waals surface area contributed by atoms with Crippen molar-refractivity contribution in [1.29, 1.82) is 0 Å². The average Bonchev–Trinajstić information content (AvgIpc) is 3.11. The molecule has 0 aliphatic rings. The Morgan fingerprint density at radius 1 is 1.23 bits per heavy atom. The summed E-state index contributed by atoms with van der Waals surface area (Å²) in [6.07, 6.45) is 3.49. The zero-order valence-electron chi connectivity index (χ0n) is 14.1. The van der Waals surface area contributed by atoms with E-state index < -0.39 is 5.97 Å². The molecule has 3 aromatic rings. The van der Waals surface area contributed by atoms with E-state index in [9.17, 15) is 4.79 Å². The highest BCUT2D eigenvalue weighted by molar-refractivity contribution is 7.80. The van der Waals surface area contributed by atoms with Gasteiger partial charge in [-0.25, -0.2) is 4.79 Å². The van der Waals surface area contributed by atoms with Crippen molar-refractivity contribution < 1.29 is 9.53 Å². The molecule has 0 radical (unpaired) electrons. The van der Waals surface area contributed by atoms with E-state index in [1.54, 1.807) is 12.4 Å². The molecular formula is C19H17N3O2S2. The fraction of sp³-hybridized carbons (Fsp3) is 0.105. The third-order valence-electron chi connectivity index (χ3n) is 3.60. The quantitative estimate of drug-likeness (QED) is 0.511. The third kappa shape index (κ3) is 4.44. The molecule has 0 spiro atoms. The molecule has 2 heterocycles. The number of thiophene rings is 1. The SMILES string of the molecule is COC(=O)c1cc(-c2ccccc2)sc1NC(=S)NCc1cccnc1.